The summed E-state index contributed by atoms with van der Waals surface area (Å²) >= 11 is 5.97. The normalized spacial score (nSPS) is 10.3. The molecule has 20 heavy (non-hydrogen) atoms. The number of nitrogens with one attached hydrogen (secondary N) is 2. The first kappa shape index (κ1) is 14.5. The molecule has 4 nitrogen and oxygen atoms in total. The van der Waals surface area contributed by atoms with Crippen molar-refractivity contribution in [2.45, 2.75) is 19.9 Å². The minimum atomic E-state index is -0.160. The molecule has 1 aromatic heterocycles. The van der Waals surface area contributed by atoms with Gasteiger partial charge in [-0.3, -0.25) is 4.79 Å². The first-order chi connectivity index (χ1) is 9.70. The molecule has 0 radical (unpaired) electrons. The van der Waals surface area contributed by atoms with Gasteiger partial charge >= 0.3 is 0 Å². The van der Waals surface area contributed by atoms with Crippen LogP contribution in [0, 0.1) is 0 Å². The van der Waals surface area contributed by atoms with Crippen molar-refractivity contribution in [1.29, 1.82) is 0 Å². The molecule has 2 rings (SSSR count). The molecule has 1 amide bonds. The van der Waals surface area contributed by atoms with Crippen molar-refractivity contribution in [3.05, 3.63) is 52.9 Å². The maximum atomic E-state index is 12.2. The van der Waals surface area contributed by atoms with Crippen LogP contribution in [-0.4, -0.2) is 12.5 Å². The highest BCUT2D eigenvalue weighted by Gasteiger charge is 2.12. The van der Waals surface area contributed by atoms with E-state index >= 15 is 0 Å². The van der Waals surface area contributed by atoms with Crippen LogP contribution >= 0.6 is 11.6 Å². The Morgan fingerprint density at radius 1 is 1.35 bits per heavy atom. The number of carbonyl (C=O) groups is 1. The molecule has 0 spiro atoms. The van der Waals surface area contributed by atoms with E-state index in [2.05, 4.69) is 17.6 Å². The first-order valence-electron chi connectivity index (χ1n) is 6.53. The lowest BCUT2D eigenvalue weighted by molar-refractivity contribution is 0.0951. The van der Waals surface area contributed by atoms with E-state index in [1.165, 1.54) is 0 Å². The Kier molecular flexibility index (Phi) is 5.07. The molecule has 0 atom stereocenters. The Morgan fingerprint density at radius 3 is 2.90 bits per heavy atom. The van der Waals surface area contributed by atoms with Gasteiger partial charge in [0.1, 0.15) is 0 Å². The number of furan rings is 1. The molecule has 1 aromatic carbocycles. The number of halogens is 1. The molecule has 0 unspecified atom stereocenters. The average Bonchev–Trinajstić information content (AvgIpc) is 2.96. The molecule has 0 fully saturated rings. The van der Waals surface area contributed by atoms with Gasteiger partial charge in [0.25, 0.3) is 5.91 Å². The van der Waals surface area contributed by atoms with E-state index in [1.54, 1.807) is 24.7 Å². The Labute approximate surface area is 123 Å². The zero-order valence-corrected chi connectivity index (χ0v) is 12.0. The molecule has 5 heteroatoms. The van der Waals surface area contributed by atoms with Gasteiger partial charge in [-0.15, -0.1) is 0 Å². The molecule has 2 N–H and O–H groups in total. The lowest BCUT2D eigenvalue weighted by Gasteiger charge is -2.12. The van der Waals surface area contributed by atoms with Crippen molar-refractivity contribution >= 4 is 23.2 Å². The van der Waals surface area contributed by atoms with E-state index in [4.69, 9.17) is 16.0 Å². The minimum Gasteiger partial charge on any atom is -0.472 e. The summed E-state index contributed by atoms with van der Waals surface area (Å²) in [6, 6.07) is 7.08. The summed E-state index contributed by atoms with van der Waals surface area (Å²) in [6.45, 7) is 3.31. The Hall–Kier alpha value is -1.94. The van der Waals surface area contributed by atoms with Crippen LogP contribution in [-0.2, 0) is 6.54 Å². The third kappa shape index (κ3) is 3.78. The van der Waals surface area contributed by atoms with Gasteiger partial charge in [0.15, 0.2) is 0 Å². The highest BCUT2D eigenvalue weighted by atomic mass is 35.5. The van der Waals surface area contributed by atoms with E-state index < -0.39 is 0 Å². The fourth-order valence-electron chi connectivity index (χ4n) is 1.79. The molecule has 2 aromatic rings. The summed E-state index contributed by atoms with van der Waals surface area (Å²) in [5.74, 6) is -0.160. The highest BCUT2D eigenvalue weighted by molar-refractivity contribution is 6.31. The first-order valence-corrected chi connectivity index (χ1v) is 6.91. The van der Waals surface area contributed by atoms with Crippen LogP contribution in [0.4, 0.5) is 5.69 Å². The van der Waals surface area contributed by atoms with Gasteiger partial charge in [0.05, 0.1) is 18.1 Å². The fraction of sp³-hybridized carbons (Fsp3) is 0.267. The summed E-state index contributed by atoms with van der Waals surface area (Å²) in [5.41, 5.74) is 2.26. The Balaban J connectivity index is 2.08. The summed E-state index contributed by atoms with van der Waals surface area (Å²) < 4.78 is 4.96. The summed E-state index contributed by atoms with van der Waals surface area (Å²) in [5, 5.41) is 6.62. The van der Waals surface area contributed by atoms with E-state index in [-0.39, 0.29) is 5.91 Å². The Bertz CT molecular complexity index is 567. The van der Waals surface area contributed by atoms with Crippen molar-refractivity contribution < 1.29 is 9.21 Å². The van der Waals surface area contributed by atoms with Gasteiger partial charge in [-0.2, -0.15) is 0 Å². The number of hydrogen-bond donors (Lipinski definition) is 2. The van der Waals surface area contributed by atoms with E-state index in [9.17, 15) is 4.79 Å². The highest BCUT2D eigenvalue weighted by Crippen LogP contribution is 2.21. The molecule has 0 aliphatic carbocycles. The molecular weight excluding hydrogens is 276 g/mol. The summed E-state index contributed by atoms with van der Waals surface area (Å²) in [4.78, 5) is 12.2. The van der Waals surface area contributed by atoms with Crippen LogP contribution in [0.15, 0.2) is 41.2 Å². The molecule has 0 saturated heterocycles. The second-order valence-electron chi connectivity index (χ2n) is 4.43. The molecule has 0 bridgehead atoms. The predicted octanol–water partition coefficient (Wildman–Crippen LogP) is 3.68. The molecule has 0 saturated carbocycles. The molecule has 1 heterocycles. The zero-order valence-electron chi connectivity index (χ0n) is 11.3. The van der Waals surface area contributed by atoms with Gasteiger partial charge in [-0.1, -0.05) is 18.5 Å². The van der Waals surface area contributed by atoms with E-state index in [1.807, 2.05) is 12.1 Å². The number of carbonyl (C=O) groups excluding carboxylic acids is 1. The van der Waals surface area contributed by atoms with Crippen LogP contribution < -0.4 is 10.6 Å². The second kappa shape index (κ2) is 7.01. The monoisotopic (exact) mass is 292 g/mol. The third-order valence-electron chi connectivity index (χ3n) is 2.82. The van der Waals surface area contributed by atoms with Crippen LogP contribution in [0.2, 0.25) is 5.02 Å². The van der Waals surface area contributed by atoms with Crippen LogP contribution in [0.25, 0.3) is 0 Å². The van der Waals surface area contributed by atoms with Gasteiger partial charge in [-0.05, 0) is 30.7 Å². The maximum Gasteiger partial charge on any atom is 0.253 e. The largest absolute Gasteiger partial charge is 0.472 e. The topological polar surface area (TPSA) is 54.3 Å². The van der Waals surface area contributed by atoms with Crippen molar-refractivity contribution in [3.63, 3.8) is 0 Å². The minimum absolute atomic E-state index is 0.160. The SMILES string of the molecule is CCCNc1ccc(Cl)cc1C(=O)NCc1ccoc1. The van der Waals surface area contributed by atoms with Gasteiger partial charge in [0, 0.05) is 29.4 Å². The number of benzene rings is 1. The van der Waals surface area contributed by atoms with Crippen LogP contribution in [0.5, 0.6) is 0 Å². The summed E-state index contributed by atoms with van der Waals surface area (Å²) in [7, 11) is 0. The van der Waals surface area contributed by atoms with Crippen LogP contribution in [0.1, 0.15) is 29.3 Å². The standard InChI is InChI=1S/C15H17ClN2O2/c1-2-6-17-14-4-3-12(16)8-13(14)15(19)18-9-11-5-7-20-10-11/h3-5,7-8,10,17H,2,6,9H2,1H3,(H,18,19). The number of amides is 1. The number of hydrogen-bond acceptors (Lipinski definition) is 3. The lowest BCUT2D eigenvalue weighted by Crippen LogP contribution is -2.23. The number of anilines is 1. The van der Waals surface area contributed by atoms with Crippen LogP contribution in [0.3, 0.4) is 0 Å². The smallest absolute Gasteiger partial charge is 0.253 e. The van der Waals surface area contributed by atoms with Gasteiger partial charge < -0.3 is 15.1 Å². The third-order valence-corrected chi connectivity index (χ3v) is 3.06. The maximum absolute atomic E-state index is 12.2. The van der Waals surface area contributed by atoms with E-state index in [0.29, 0.717) is 17.1 Å². The summed E-state index contributed by atoms with van der Waals surface area (Å²) in [6.07, 6.45) is 4.17. The quantitative estimate of drug-likeness (QED) is 0.854. The average molecular weight is 293 g/mol. The molecule has 0 aliphatic heterocycles. The molecule has 0 aliphatic rings. The van der Waals surface area contributed by atoms with Crippen molar-refractivity contribution in [2.75, 3.05) is 11.9 Å². The zero-order chi connectivity index (χ0) is 14.4. The predicted molar refractivity (Wildman–Crippen MR) is 80.1 cm³/mol. The number of rotatable bonds is 6. The van der Waals surface area contributed by atoms with E-state index in [0.717, 1.165) is 24.2 Å². The van der Waals surface area contributed by atoms with Crippen molar-refractivity contribution in [1.82, 2.24) is 5.32 Å². The lowest BCUT2D eigenvalue weighted by atomic mass is 10.1. The van der Waals surface area contributed by atoms with Gasteiger partial charge in [0.2, 0.25) is 0 Å². The van der Waals surface area contributed by atoms with Crippen molar-refractivity contribution in [2.24, 2.45) is 0 Å². The fourth-order valence-corrected chi connectivity index (χ4v) is 1.96. The molecule has 106 valence electrons. The van der Waals surface area contributed by atoms with Crippen molar-refractivity contribution in [3.8, 4) is 0 Å². The second-order valence-corrected chi connectivity index (χ2v) is 4.87. The van der Waals surface area contributed by atoms with Gasteiger partial charge in [-0.25, -0.2) is 0 Å². The molecular formula is C15H17ClN2O2. The Morgan fingerprint density at radius 2 is 2.20 bits per heavy atom.